The van der Waals surface area contributed by atoms with Crippen molar-refractivity contribution in [3.05, 3.63) is 97.4 Å². The van der Waals surface area contributed by atoms with Gasteiger partial charge in [-0.1, -0.05) is 46.8 Å². The van der Waals surface area contributed by atoms with Crippen molar-refractivity contribution >= 4 is 34.6 Å². The zero-order valence-electron chi connectivity index (χ0n) is 15.0. The fourth-order valence-electron chi connectivity index (χ4n) is 3.01. The minimum atomic E-state index is -1.29. The summed E-state index contributed by atoms with van der Waals surface area (Å²) in [5.74, 6) is -0.520. The molecule has 7 heteroatoms. The Balaban J connectivity index is 1.78. The molecule has 0 bridgehead atoms. The second-order valence-electron chi connectivity index (χ2n) is 6.30. The van der Waals surface area contributed by atoms with Crippen LogP contribution in [0.3, 0.4) is 0 Å². The van der Waals surface area contributed by atoms with Gasteiger partial charge in [-0.3, -0.25) is 9.89 Å². The Morgan fingerprint density at radius 2 is 1.83 bits per heavy atom. The van der Waals surface area contributed by atoms with Crippen molar-refractivity contribution in [1.29, 1.82) is 0 Å². The maximum absolute atomic E-state index is 12.8. The van der Waals surface area contributed by atoms with E-state index in [1.165, 1.54) is 10.7 Å². The molecule has 1 N–H and O–H groups in total. The Morgan fingerprint density at radius 3 is 2.55 bits per heavy atom. The summed E-state index contributed by atoms with van der Waals surface area (Å²) in [6.45, 7) is 3.90. The Kier molecular flexibility index (Phi) is 4.82. The monoisotopic (exact) mass is 449 g/mol. The molecular formula is C22H14BrN2O4-. The molecule has 2 aromatic carbocycles. The number of aromatic nitrogens is 2. The second-order valence-corrected chi connectivity index (χ2v) is 7.22. The van der Waals surface area contributed by atoms with Crippen LogP contribution in [0.1, 0.15) is 16.1 Å². The second kappa shape index (κ2) is 7.44. The molecule has 0 aliphatic rings. The van der Waals surface area contributed by atoms with Crippen LogP contribution in [-0.2, 0) is 0 Å². The van der Waals surface area contributed by atoms with Crippen LogP contribution >= 0.6 is 15.9 Å². The molecule has 4 aromatic rings. The number of carbonyl (C=O) groups is 1. The number of carboxylic acid groups (broad SMARTS) is 1. The van der Waals surface area contributed by atoms with Gasteiger partial charge in [0.15, 0.2) is 0 Å². The number of furan rings is 1. The number of aromatic carboxylic acids is 1. The van der Waals surface area contributed by atoms with E-state index in [1.807, 2.05) is 12.1 Å². The summed E-state index contributed by atoms with van der Waals surface area (Å²) in [4.78, 5) is 24.1. The van der Waals surface area contributed by atoms with Gasteiger partial charge in [-0.25, -0.2) is 4.68 Å². The lowest BCUT2D eigenvalue weighted by atomic mass is 10.1. The maximum Gasteiger partial charge on any atom is 0.279 e. The standard InChI is InChI=1S/C22H15BrN2O4/c1-13-19(21(26)25(24-13)15-8-6-14(23)7-9-15)12-16-10-11-20(29-16)17-4-2-3-5-18(17)22(27)28/h2-12,24H,1H2,(H,27,28)/p-1/b19-12-. The highest BCUT2D eigenvalue weighted by Crippen LogP contribution is 2.25. The van der Waals surface area contributed by atoms with Crippen LogP contribution in [0.15, 0.2) is 74.3 Å². The van der Waals surface area contributed by atoms with Crippen LogP contribution in [0.25, 0.3) is 29.7 Å². The summed E-state index contributed by atoms with van der Waals surface area (Å²) in [6.07, 6.45) is 1.57. The van der Waals surface area contributed by atoms with Gasteiger partial charge in [-0.05, 0) is 42.5 Å². The number of carboxylic acids is 1. The lowest BCUT2D eigenvalue weighted by Gasteiger charge is -2.07. The minimum absolute atomic E-state index is 0.0329. The van der Waals surface area contributed by atoms with Crippen LogP contribution < -0.4 is 21.2 Å². The number of carbonyl (C=O) groups excluding carboxylic acids is 1. The molecule has 4 rings (SSSR count). The maximum atomic E-state index is 12.8. The number of halogens is 1. The van der Waals surface area contributed by atoms with Crippen molar-refractivity contribution in [3.8, 4) is 17.0 Å². The molecule has 0 fully saturated rings. The van der Waals surface area contributed by atoms with Crippen LogP contribution in [-0.4, -0.2) is 15.7 Å². The van der Waals surface area contributed by atoms with Gasteiger partial charge in [0.1, 0.15) is 11.5 Å². The highest BCUT2D eigenvalue weighted by molar-refractivity contribution is 9.10. The van der Waals surface area contributed by atoms with Crippen molar-refractivity contribution in [1.82, 2.24) is 9.78 Å². The molecule has 0 aliphatic heterocycles. The predicted octanol–water partition coefficient (Wildman–Crippen LogP) is 1.79. The van der Waals surface area contributed by atoms with E-state index in [4.69, 9.17) is 4.42 Å². The molecule has 0 saturated heterocycles. The minimum Gasteiger partial charge on any atom is -0.545 e. The van der Waals surface area contributed by atoms with Gasteiger partial charge in [-0.2, -0.15) is 0 Å². The first-order chi connectivity index (χ1) is 13.9. The highest BCUT2D eigenvalue weighted by Gasteiger charge is 2.10. The van der Waals surface area contributed by atoms with Crippen molar-refractivity contribution in [2.75, 3.05) is 0 Å². The molecule has 2 aromatic heterocycles. The zero-order chi connectivity index (χ0) is 20.5. The summed E-state index contributed by atoms with van der Waals surface area (Å²) in [5, 5.41) is 15.1. The average molecular weight is 450 g/mol. The van der Waals surface area contributed by atoms with E-state index in [0.717, 1.165) is 4.47 Å². The van der Waals surface area contributed by atoms with Gasteiger partial charge >= 0.3 is 0 Å². The van der Waals surface area contributed by atoms with Gasteiger partial charge in [0, 0.05) is 15.6 Å². The van der Waals surface area contributed by atoms with Crippen LogP contribution in [0.4, 0.5) is 0 Å². The molecule has 0 unspecified atom stereocenters. The smallest absolute Gasteiger partial charge is 0.279 e. The van der Waals surface area contributed by atoms with Crippen molar-refractivity contribution in [3.63, 3.8) is 0 Å². The molecule has 0 amide bonds. The fourth-order valence-corrected chi connectivity index (χ4v) is 3.27. The molecule has 29 heavy (non-hydrogen) atoms. The first-order valence-corrected chi connectivity index (χ1v) is 9.41. The largest absolute Gasteiger partial charge is 0.545 e. The summed E-state index contributed by atoms with van der Waals surface area (Å²) >= 11 is 3.37. The third-order valence-electron chi connectivity index (χ3n) is 4.42. The van der Waals surface area contributed by atoms with Gasteiger partial charge in [0.2, 0.25) is 0 Å². The molecule has 0 atom stereocenters. The number of H-pyrrole nitrogens is 1. The molecule has 6 nitrogen and oxygen atoms in total. The van der Waals surface area contributed by atoms with Crippen LogP contribution in [0, 0.1) is 0 Å². The van der Waals surface area contributed by atoms with Gasteiger partial charge in [-0.15, -0.1) is 0 Å². The molecule has 2 heterocycles. The number of aromatic amines is 1. The third-order valence-corrected chi connectivity index (χ3v) is 4.94. The normalized spacial score (nSPS) is 11.7. The van der Waals surface area contributed by atoms with E-state index in [2.05, 4.69) is 27.6 Å². The number of benzene rings is 2. The summed E-state index contributed by atoms with van der Waals surface area (Å²) in [6, 6.07) is 17.0. The van der Waals surface area contributed by atoms with E-state index in [0.29, 0.717) is 33.3 Å². The Bertz CT molecular complexity index is 1380. The van der Waals surface area contributed by atoms with Gasteiger partial charge in [0.25, 0.3) is 5.56 Å². The summed E-state index contributed by atoms with van der Waals surface area (Å²) < 4.78 is 8.07. The third kappa shape index (κ3) is 3.60. The molecular weight excluding hydrogens is 436 g/mol. The predicted molar refractivity (Wildman–Crippen MR) is 111 cm³/mol. The van der Waals surface area contributed by atoms with E-state index >= 15 is 0 Å². The Morgan fingerprint density at radius 1 is 1.10 bits per heavy atom. The van der Waals surface area contributed by atoms with Gasteiger partial charge in [0.05, 0.1) is 22.2 Å². The van der Waals surface area contributed by atoms with Crippen LogP contribution in [0.2, 0.25) is 0 Å². The van der Waals surface area contributed by atoms with Crippen molar-refractivity contribution in [2.45, 2.75) is 0 Å². The van der Waals surface area contributed by atoms with E-state index in [9.17, 15) is 14.7 Å². The van der Waals surface area contributed by atoms with Crippen molar-refractivity contribution < 1.29 is 14.3 Å². The fraction of sp³-hybridized carbons (Fsp3) is 0. The summed E-state index contributed by atoms with van der Waals surface area (Å²) in [5.41, 5.74) is 0.838. The zero-order valence-corrected chi connectivity index (χ0v) is 16.6. The van der Waals surface area contributed by atoms with Crippen molar-refractivity contribution in [2.24, 2.45) is 0 Å². The molecule has 0 spiro atoms. The lowest BCUT2D eigenvalue weighted by Crippen LogP contribution is -2.33. The van der Waals surface area contributed by atoms with E-state index in [1.54, 1.807) is 48.5 Å². The SMILES string of the molecule is C=c1[nH]n(-c2ccc(Br)cc2)c(=O)/c1=C\c1ccc(-c2ccccc2C(=O)[O-])o1. The first-order valence-electron chi connectivity index (χ1n) is 8.62. The molecule has 0 radical (unpaired) electrons. The number of hydrogen-bond acceptors (Lipinski definition) is 4. The number of hydrogen-bond donors (Lipinski definition) is 1. The average Bonchev–Trinajstić information content (AvgIpc) is 3.29. The molecule has 0 aliphatic carbocycles. The summed E-state index contributed by atoms with van der Waals surface area (Å²) in [7, 11) is 0. The number of nitrogens with zero attached hydrogens (tertiary/aromatic N) is 1. The molecule has 144 valence electrons. The van der Waals surface area contributed by atoms with E-state index in [-0.39, 0.29) is 11.1 Å². The lowest BCUT2D eigenvalue weighted by molar-refractivity contribution is -0.254. The molecule has 0 saturated carbocycles. The highest BCUT2D eigenvalue weighted by atomic mass is 79.9. The number of rotatable bonds is 4. The topological polar surface area (TPSA) is 91.1 Å². The Hall–Kier alpha value is -3.58. The first kappa shape index (κ1) is 18.8. The number of nitrogens with one attached hydrogen (secondary N) is 1. The Labute approximate surface area is 173 Å². The van der Waals surface area contributed by atoms with Gasteiger partial charge < -0.3 is 14.3 Å². The van der Waals surface area contributed by atoms with Crippen LogP contribution in [0.5, 0.6) is 0 Å². The van der Waals surface area contributed by atoms with E-state index < -0.39 is 5.97 Å². The quantitative estimate of drug-likeness (QED) is 0.514.